The maximum Gasteiger partial charge on any atom is 0.243 e. The summed E-state index contributed by atoms with van der Waals surface area (Å²) >= 11 is 0. The van der Waals surface area contributed by atoms with E-state index in [0.29, 0.717) is 5.75 Å². The molecule has 30 heavy (non-hydrogen) atoms. The number of benzene rings is 3. The van der Waals surface area contributed by atoms with Crippen LogP contribution in [0.2, 0.25) is 0 Å². The Morgan fingerprint density at radius 3 is 1.57 bits per heavy atom. The maximum absolute atomic E-state index is 10.9. The van der Waals surface area contributed by atoms with E-state index in [9.17, 15) is 4.79 Å². The minimum absolute atomic E-state index is 0.0927. The first-order valence-corrected chi connectivity index (χ1v) is 10.3. The average molecular weight is 405 g/mol. The molecule has 0 saturated carbocycles. The fourth-order valence-corrected chi connectivity index (χ4v) is 2.67. The predicted octanol–water partition coefficient (Wildman–Crippen LogP) is 5.78. The molecule has 3 aromatic carbocycles. The number of nitrogens with two attached hydrogens (primary N) is 2. The topological polar surface area (TPSA) is 78.3 Å². The molecule has 158 valence electrons. The van der Waals surface area contributed by atoms with E-state index in [4.69, 9.17) is 16.2 Å². The third-order valence-corrected chi connectivity index (χ3v) is 3.85. The minimum atomic E-state index is -0.589. The number of ether oxygens (including phenoxy) is 1. The van der Waals surface area contributed by atoms with Crippen molar-refractivity contribution in [1.82, 2.24) is 0 Å². The fourth-order valence-electron chi connectivity index (χ4n) is 2.67. The molecule has 0 aliphatic heterocycles. The molecule has 4 heteroatoms. The molecule has 0 unspecified atom stereocenters. The molecule has 0 aliphatic carbocycles. The Bertz CT molecular complexity index is 863. The van der Waals surface area contributed by atoms with E-state index < -0.39 is 5.91 Å². The monoisotopic (exact) mass is 404 g/mol. The SMILES string of the molecule is CC.CC.NC(=O)/C=C(\N)COc1cc(-c2ccccc2)cc(-c2ccccc2)c1. The van der Waals surface area contributed by atoms with Gasteiger partial charge in [0.25, 0.3) is 0 Å². The standard InChI is InChI=1S/C22H20N2O2.2C2H6/c23-20(14-22(24)25)15-26-21-12-18(16-7-3-1-4-8-16)11-19(13-21)17-9-5-2-6-10-17;2*1-2/h1-14H,15,23H2,(H2,24,25);2*1-2H3/b20-14-;;. The molecule has 0 radical (unpaired) electrons. The van der Waals surface area contributed by atoms with E-state index in [1.54, 1.807) is 0 Å². The number of carbonyl (C=O) groups excluding carboxylic acids is 1. The lowest BCUT2D eigenvalue weighted by Gasteiger charge is -2.12. The van der Waals surface area contributed by atoms with Crippen LogP contribution < -0.4 is 16.2 Å². The van der Waals surface area contributed by atoms with Crippen LogP contribution in [0.15, 0.2) is 90.6 Å². The van der Waals surface area contributed by atoms with Gasteiger partial charge in [-0.1, -0.05) is 88.4 Å². The summed E-state index contributed by atoms with van der Waals surface area (Å²) in [6.07, 6.45) is 1.17. The highest BCUT2D eigenvalue weighted by molar-refractivity contribution is 5.86. The number of primary amides is 1. The van der Waals surface area contributed by atoms with E-state index in [1.165, 1.54) is 6.08 Å². The Hall–Kier alpha value is -3.53. The molecule has 0 aromatic heterocycles. The molecule has 0 heterocycles. The predicted molar refractivity (Wildman–Crippen MR) is 127 cm³/mol. The first kappa shape index (κ1) is 24.5. The zero-order chi connectivity index (χ0) is 22.4. The first-order valence-electron chi connectivity index (χ1n) is 10.3. The second-order valence-electron chi connectivity index (χ2n) is 5.89. The Labute approximate surface area is 180 Å². The number of rotatable bonds is 6. The zero-order valence-electron chi connectivity index (χ0n) is 18.3. The Kier molecular flexibility index (Phi) is 11.1. The molecular weight excluding hydrogens is 372 g/mol. The maximum atomic E-state index is 10.9. The molecular formula is C26H32N2O2. The molecule has 3 aromatic rings. The molecule has 0 atom stereocenters. The van der Waals surface area contributed by atoms with Crippen molar-refractivity contribution in [3.63, 3.8) is 0 Å². The van der Waals surface area contributed by atoms with Gasteiger partial charge in [0.15, 0.2) is 0 Å². The summed E-state index contributed by atoms with van der Waals surface area (Å²) in [5.74, 6) is 0.0835. The van der Waals surface area contributed by atoms with Crippen molar-refractivity contribution in [2.24, 2.45) is 11.5 Å². The van der Waals surface area contributed by atoms with Crippen LogP contribution in [-0.4, -0.2) is 12.5 Å². The largest absolute Gasteiger partial charge is 0.487 e. The molecule has 4 nitrogen and oxygen atoms in total. The summed E-state index contributed by atoms with van der Waals surface area (Å²) in [5, 5.41) is 0. The third kappa shape index (κ3) is 7.84. The lowest BCUT2D eigenvalue weighted by atomic mass is 9.98. The third-order valence-electron chi connectivity index (χ3n) is 3.85. The van der Waals surface area contributed by atoms with Gasteiger partial charge in [0.1, 0.15) is 12.4 Å². The summed E-state index contributed by atoms with van der Waals surface area (Å²) in [5.41, 5.74) is 15.4. The van der Waals surface area contributed by atoms with Crippen LogP contribution in [0.4, 0.5) is 0 Å². The first-order chi connectivity index (χ1) is 14.6. The van der Waals surface area contributed by atoms with Crippen LogP contribution in [0.3, 0.4) is 0 Å². The Morgan fingerprint density at radius 2 is 1.17 bits per heavy atom. The van der Waals surface area contributed by atoms with E-state index in [0.717, 1.165) is 22.3 Å². The smallest absolute Gasteiger partial charge is 0.243 e. The van der Waals surface area contributed by atoms with Crippen molar-refractivity contribution in [1.29, 1.82) is 0 Å². The van der Waals surface area contributed by atoms with Crippen LogP contribution in [-0.2, 0) is 4.79 Å². The molecule has 3 rings (SSSR count). The van der Waals surface area contributed by atoms with Crippen molar-refractivity contribution in [2.45, 2.75) is 27.7 Å². The normalized spacial score (nSPS) is 10.1. The van der Waals surface area contributed by atoms with Gasteiger partial charge in [-0.25, -0.2) is 0 Å². The zero-order valence-corrected chi connectivity index (χ0v) is 18.3. The molecule has 0 saturated heterocycles. The van der Waals surface area contributed by atoms with E-state index >= 15 is 0 Å². The van der Waals surface area contributed by atoms with E-state index in [2.05, 4.69) is 30.3 Å². The molecule has 0 bridgehead atoms. The summed E-state index contributed by atoms with van der Waals surface area (Å²) in [7, 11) is 0. The molecule has 1 amide bonds. The van der Waals surface area contributed by atoms with Crippen molar-refractivity contribution in [2.75, 3.05) is 6.61 Å². The van der Waals surface area contributed by atoms with E-state index in [1.807, 2.05) is 76.2 Å². The summed E-state index contributed by atoms with van der Waals surface area (Å²) in [4.78, 5) is 10.9. The number of hydrogen-bond donors (Lipinski definition) is 2. The lowest BCUT2D eigenvalue weighted by molar-refractivity contribution is -0.113. The summed E-state index contributed by atoms with van der Waals surface area (Å²) < 4.78 is 5.79. The minimum Gasteiger partial charge on any atom is -0.487 e. The van der Waals surface area contributed by atoms with Crippen LogP contribution in [0, 0.1) is 0 Å². The van der Waals surface area contributed by atoms with Gasteiger partial charge in [-0.15, -0.1) is 0 Å². The number of hydrogen-bond acceptors (Lipinski definition) is 3. The Morgan fingerprint density at radius 1 is 0.733 bits per heavy atom. The van der Waals surface area contributed by atoms with Crippen LogP contribution in [0.25, 0.3) is 22.3 Å². The fraction of sp³-hybridized carbons (Fsp3) is 0.192. The number of amides is 1. The summed E-state index contributed by atoms with van der Waals surface area (Å²) in [6, 6.07) is 26.2. The van der Waals surface area contributed by atoms with Gasteiger partial charge in [-0.2, -0.15) is 0 Å². The van der Waals surface area contributed by atoms with Crippen LogP contribution in [0.1, 0.15) is 27.7 Å². The van der Waals surface area contributed by atoms with Gasteiger partial charge < -0.3 is 16.2 Å². The average Bonchev–Trinajstić information content (AvgIpc) is 2.81. The summed E-state index contributed by atoms with van der Waals surface area (Å²) in [6.45, 7) is 8.09. The van der Waals surface area contributed by atoms with Crippen molar-refractivity contribution >= 4 is 5.91 Å². The molecule has 0 aliphatic rings. The van der Waals surface area contributed by atoms with Gasteiger partial charge in [-0.3, -0.25) is 4.79 Å². The molecule has 4 N–H and O–H groups in total. The van der Waals surface area contributed by atoms with E-state index in [-0.39, 0.29) is 12.3 Å². The van der Waals surface area contributed by atoms with Crippen molar-refractivity contribution in [3.05, 3.63) is 90.6 Å². The van der Waals surface area contributed by atoms with Gasteiger partial charge in [0.05, 0.1) is 5.70 Å². The highest BCUT2D eigenvalue weighted by Gasteiger charge is 2.07. The van der Waals surface area contributed by atoms with Gasteiger partial charge >= 0.3 is 0 Å². The molecule has 0 spiro atoms. The van der Waals surface area contributed by atoms with Crippen molar-refractivity contribution in [3.8, 4) is 28.0 Å². The van der Waals surface area contributed by atoms with Crippen LogP contribution in [0.5, 0.6) is 5.75 Å². The van der Waals surface area contributed by atoms with Crippen molar-refractivity contribution < 1.29 is 9.53 Å². The molecule has 0 fully saturated rings. The van der Waals surface area contributed by atoms with Gasteiger partial charge in [-0.05, 0) is 40.5 Å². The highest BCUT2D eigenvalue weighted by atomic mass is 16.5. The lowest BCUT2D eigenvalue weighted by Crippen LogP contribution is -2.15. The highest BCUT2D eigenvalue weighted by Crippen LogP contribution is 2.31. The quantitative estimate of drug-likeness (QED) is 0.511. The second-order valence-corrected chi connectivity index (χ2v) is 5.89. The second kappa shape index (κ2) is 13.6. The number of carbonyl (C=O) groups is 1. The van der Waals surface area contributed by atoms with Gasteiger partial charge in [0.2, 0.25) is 5.91 Å². The van der Waals surface area contributed by atoms with Crippen LogP contribution >= 0.6 is 0 Å². The van der Waals surface area contributed by atoms with Gasteiger partial charge in [0, 0.05) is 6.08 Å². The Balaban J connectivity index is 0.00000106.